The summed E-state index contributed by atoms with van der Waals surface area (Å²) in [7, 11) is 0. The summed E-state index contributed by atoms with van der Waals surface area (Å²) in [5.74, 6) is -2.66. The van der Waals surface area contributed by atoms with Gasteiger partial charge in [-0.2, -0.15) is 0 Å². The minimum absolute atomic E-state index is 0.0775. The first-order valence-corrected chi connectivity index (χ1v) is 5.56. The zero-order chi connectivity index (χ0) is 13.8. The molecular formula is C14H11F2NO2. The van der Waals surface area contributed by atoms with Crippen LogP contribution in [-0.4, -0.2) is 11.1 Å². The molecule has 0 amide bonds. The van der Waals surface area contributed by atoms with Crippen molar-refractivity contribution in [3.8, 4) is 0 Å². The molecule has 0 aliphatic heterocycles. The van der Waals surface area contributed by atoms with Gasteiger partial charge in [0.05, 0.1) is 0 Å². The number of carbonyl (C=O) groups is 1. The van der Waals surface area contributed by atoms with E-state index in [2.05, 4.69) is 5.32 Å². The molecule has 1 unspecified atom stereocenters. The lowest BCUT2D eigenvalue weighted by Crippen LogP contribution is -2.20. The Bertz CT molecular complexity index is 567. The normalized spacial score (nSPS) is 11.9. The number of hydrogen-bond acceptors (Lipinski definition) is 2. The summed E-state index contributed by atoms with van der Waals surface area (Å²) < 4.78 is 26.1. The Morgan fingerprint density at radius 2 is 1.63 bits per heavy atom. The molecule has 0 heterocycles. The summed E-state index contributed by atoms with van der Waals surface area (Å²) >= 11 is 0. The van der Waals surface area contributed by atoms with Gasteiger partial charge in [0, 0.05) is 11.8 Å². The van der Waals surface area contributed by atoms with Crippen LogP contribution in [0.3, 0.4) is 0 Å². The van der Waals surface area contributed by atoms with Gasteiger partial charge in [-0.1, -0.05) is 30.3 Å². The number of hydrogen-bond donors (Lipinski definition) is 2. The highest BCUT2D eigenvalue weighted by atomic mass is 19.1. The number of benzene rings is 2. The molecule has 2 rings (SSSR count). The van der Waals surface area contributed by atoms with Crippen molar-refractivity contribution < 1.29 is 18.7 Å². The van der Waals surface area contributed by atoms with Crippen LogP contribution in [0.5, 0.6) is 0 Å². The number of aliphatic carboxylic acids is 1. The van der Waals surface area contributed by atoms with E-state index >= 15 is 0 Å². The molecular weight excluding hydrogens is 252 g/mol. The molecule has 5 heteroatoms. The maximum absolute atomic E-state index is 13.1. The quantitative estimate of drug-likeness (QED) is 0.890. The lowest BCUT2D eigenvalue weighted by Gasteiger charge is -2.16. The summed E-state index contributed by atoms with van der Waals surface area (Å²) in [6, 6.07) is 10.1. The zero-order valence-electron chi connectivity index (χ0n) is 9.81. The molecule has 2 aromatic rings. The minimum atomic E-state index is -1.13. The van der Waals surface area contributed by atoms with Gasteiger partial charge in [-0.25, -0.2) is 13.6 Å². The number of nitrogens with one attached hydrogen (secondary N) is 1. The van der Waals surface area contributed by atoms with E-state index in [1.165, 1.54) is 0 Å². The number of halogens is 2. The largest absolute Gasteiger partial charge is 0.479 e. The Morgan fingerprint density at radius 3 is 2.16 bits per heavy atom. The number of carboxylic acid groups (broad SMARTS) is 1. The molecule has 19 heavy (non-hydrogen) atoms. The van der Waals surface area contributed by atoms with Crippen molar-refractivity contribution in [3.63, 3.8) is 0 Å². The van der Waals surface area contributed by atoms with Crippen LogP contribution in [0.15, 0.2) is 48.5 Å². The molecule has 2 aromatic carbocycles. The number of carboxylic acids is 1. The van der Waals surface area contributed by atoms with Gasteiger partial charge in [0.2, 0.25) is 0 Å². The van der Waals surface area contributed by atoms with Crippen LogP contribution in [0.25, 0.3) is 0 Å². The molecule has 2 N–H and O–H groups in total. The molecule has 0 aromatic heterocycles. The Labute approximate surface area is 108 Å². The van der Waals surface area contributed by atoms with E-state index in [0.29, 0.717) is 5.56 Å². The highest BCUT2D eigenvalue weighted by Gasteiger charge is 2.19. The van der Waals surface area contributed by atoms with Crippen LogP contribution in [0.4, 0.5) is 14.5 Å². The molecule has 1 atom stereocenters. The highest BCUT2D eigenvalue weighted by Crippen LogP contribution is 2.21. The third kappa shape index (κ3) is 3.28. The third-order valence-electron chi connectivity index (χ3n) is 2.55. The second-order valence-electron chi connectivity index (χ2n) is 3.98. The van der Waals surface area contributed by atoms with Gasteiger partial charge in [0.15, 0.2) is 6.04 Å². The zero-order valence-corrected chi connectivity index (χ0v) is 9.81. The van der Waals surface area contributed by atoms with Gasteiger partial charge in [-0.05, 0) is 17.7 Å². The Morgan fingerprint density at radius 1 is 1.05 bits per heavy atom. The lowest BCUT2D eigenvalue weighted by molar-refractivity contribution is -0.138. The Balaban J connectivity index is 2.29. The SMILES string of the molecule is O=C(O)C(Nc1cc(F)cc(F)c1)c1ccccc1. The summed E-state index contributed by atoms with van der Waals surface area (Å²) in [6.45, 7) is 0. The fourth-order valence-corrected chi connectivity index (χ4v) is 1.74. The van der Waals surface area contributed by atoms with E-state index in [1.807, 2.05) is 0 Å². The monoisotopic (exact) mass is 263 g/mol. The first kappa shape index (κ1) is 13.0. The van der Waals surface area contributed by atoms with E-state index in [-0.39, 0.29) is 5.69 Å². The van der Waals surface area contributed by atoms with Crippen LogP contribution < -0.4 is 5.32 Å². The van der Waals surface area contributed by atoms with Crippen molar-refractivity contribution in [2.24, 2.45) is 0 Å². The highest BCUT2D eigenvalue weighted by molar-refractivity contribution is 5.79. The van der Waals surface area contributed by atoms with Crippen molar-refractivity contribution >= 4 is 11.7 Å². The van der Waals surface area contributed by atoms with E-state index in [4.69, 9.17) is 0 Å². The summed E-state index contributed by atoms with van der Waals surface area (Å²) in [5.41, 5.74) is 0.577. The van der Waals surface area contributed by atoms with Crippen molar-refractivity contribution in [2.75, 3.05) is 5.32 Å². The third-order valence-corrected chi connectivity index (χ3v) is 2.55. The van der Waals surface area contributed by atoms with Crippen LogP contribution in [0, 0.1) is 11.6 Å². The van der Waals surface area contributed by atoms with Crippen LogP contribution in [0.1, 0.15) is 11.6 Å². The maximum atomic E-state index is 13.1. The van der Waals surface area contributed by atoms with Crippen molar-refractivity contribution in [1.29, 1.82) is 0 Å². The van der Waals surface area contributed by atoms with E-state index in [0.717, 1.165) is 18.2 Å². The minimum Gasteiger partial charge on any atom is -0.479 e. The molecule has 0 bridgehead atoms. The van der Waals surface area contributed by atoms with Crippen molar-refractivity contribution in [1.82, 2.24) is 0 Å². The molecule has 0 radical (unpaired) electrons. The average molecular weight is 263 g/mol. The lowest BCUT2D eigenvalue weighted by atomic mass is 10.1. The predicted molar refractivity (Wildman–Crippen MR) is 66.8 cm³/mol. The smallest absolute Gasteiger partial charge is 0.330 e. The van der Waals surface area contributed by atoms with Gasteiger partial charge in [-0.15, -0.1) is 0 Å². The molecule has 3 nitrogen and oxygen atoms in total. The second-order valence-corrected chi connectivity index (χ2v) is 3.98. The second kappa shape index (κ2) is 5.48. The topological polar surface area (TPSA) is 49.3 Å². The van der Waals surface area contributed by atoms with Gasteiger partial charge in [-0.3, -0.25) is 0 Å². The van der Waals surface area contributed by atoms with Gasteiger partial charge >= 0.3 is 5.97 Å². The molecule has 0 spiro atoms. The average Bonchev–Trinajstić information content (AvgIpc) is 2.35. The van der Waals surface area contributed by atoms with Gasteiger partial charge in [0.25, 0.3) is 0 Å². The number of rotatable bonds is 4. The fraction of sp³-hybridized carbons (Fsp3) is 0.0714. The Hall–Kier alpha value is -2.43. The van der Waals surface area contributed by atoms with E-state index in [1.54, 1.807) is 30.3 Å². The maximum Gasteiger partial charge on any atom is 0.330 e. The van der Waals surface area contributed by atoms with Crippen molar-refractivity contribution in [3.05, 3.63) is 65.7 Å². The summed E-state index contributed by atoms with van der Waals surface area (Å²) in [4.78, 5) is 11.2. The first-order chi connectivity index (χ1) is 9.06. The van der Waals surface area contributed by atoms with Crippen LogP contribution in [0.2, 0.25) is 0 Å². The van der Waals surface area contributed by atoms with Gasteiger partial charge in [0.1, 0.15) is 11.6 Å². The molecule has 0 aliphatic rings. The summed E-state index contributed by atoms with van der Waals surface area (Å²) in [6.07, 6.45) is 0. The molecule has 0 saturated carbocycles. The predicted octanol–water partition coefficient (Wildman–Crippen LogP) is 3.20. The van der Waals surface area contributed by atoms with Crippen molar-refractivity contribution in [2.45, 2.75) is 6.04 Å². The van der Waals surface area contributed by atoms with Crippen LogP contribution >= 0.6 is 0 Å². The molecule has 98 valence electrons. The molecule has 0 fully saturated rings. The van der Waals surface area contributed by atoms with E-state index in [9.17, 15) is 18.7 Å². The van der Waals surface area contributed by atoms with Crippen LogP contribution in [-0.2, 0) is 4.79 Å². The fourth-order valence-electron chi connectivity index (χ4n) is 1.74. The summed E-state index contributed by atoms with van der Waals surface area (Å²) in [5, 5.41) is 11.8. The van der Waals surface area contributed by atoms with Gasteiger partial charge < -0.3 is 10.4 Å². The molecule has 0 aliphatic carbocycles. The first-order valence-electron chi connectivity index (χ1n) is 5.56. The number of anilines is 1. The molecule has 0 saturated heterocycles. The van der Waals surface area contributed by atoms with E-state index < -0.39 is 23.6 Å². The Kier molecular flexibility index (Phi) is 3.75. The standard InChI is InChI=1S/C14H11F2NO2/c15-10-6-11(16)8-12(7-10)17-13(14(18)19)9-4-2-1-3-5-9/h1-8,13,17H,(H,18,19).